The van der Waals surface area contributed by atoms with Crippen molar-refractivity contribution < 1.29 is 19.1 Å². The summed E-state index contributed by atoms with van der Waals surface area (Å²) in [6.07, 6.45) is 2.47. The number of rotatable bonds is 3. The molecular formula is C24H25NO4. The molecule has 5 nitrogen and oxygen atoms in total. The van der Waals surface area contributed by atoms with Gasteiger partial charge in [-0.3, -0.25) is 14.5 Å². The number of esters is 1. The van der Waals surface area contributed by atoms with Crippen LogP contribution >= 0.6 is 0 Å². The van der Waals surface area contributed by atoms with E-state index >= 15 is 0 Å². The lowest BCUT2D eigenvalue weighted by atomic mass is 9.76. The van der Waals surface area contributed by atoms with Gasteiger partial charge >= 0.3 is 5.97 Å². The normalized spacial score (nSPS) is 23.8. The first kappa shape index (κ1) is 19.4. The zero-order valence-corrected chi connectivity index (χ0v) is 17.0. The number of hydrogen-bond acceptors (Lipinski definition) is 4. The van der Waals surface area contributed by atoms with Crippen molar-refractivity contribution in [3.63, 3.8) is 0 Å². The van der Waals surface area contributed by atoms with E-state index < -0.39 is 5.97 Å². The molecule has 0 radical (unpaired) electrons. The van der Waals surface area contributed by atoms with Crippen LogP contribution in [0.2, 0.25) is 0 Å². The monoisotopic (exact) mass is 391 g/mol. The maximum absolute atomic E-state index is 12.9. The van der Waals surface area contributed by atoms with E-state index in [1.165, 1.54) is 4.90 Å². The van der Waals surface area contributed by atoms with Crippen LogP contribution in [0.25, 0.3) is 0 Å². The first-order valence-corrected chi connectivity index (χ1v) is 10.1. The molecule has 5 heteroatoms. The van der Waals surface area contributed by atoms with Gasteiger partial charge in [0, 0.05) is 0 Å². The van der Waals surface area contributed by atoms with E-state index in [-0.39, 0.29) is 23.7 Å². The van der Waals surface area contributed by atoms with Gasteiger partial charge in [0.2, 0.25) is 11.8 Å². The molecule has 1 aliphatic heterocycles. The summed E-state index contributed by atoms with van der Waals surface area (Å²) in [7, 11) is 0. The third kappa shape index (κ3) is 3.57. The van der Waals surface area contributed by atoms with Gasteiger partial charge in [-0.1, -0.05) is 19.1 Å². The molecule has 1 saturated heterocycles. The number of ether oxygens (including phenoxy) is 1. The van der Waals surface area contributed by atoms with Crippen molar-refractivity contribution in [1.29, 1.82) is 0 Å². The second-order valence-corrected chi connectivity index (χ2v) is 8.33. The number of anilines is 1. The summed E-state index contributed by atoms with van der Waals surface area (Å²) in [5, 5.41) is 0. The number of fused-ring (bicyclic) bond motifs is 1. The van der Waals surface area contributed by atoms with Gasteiger partial charge in [-0.25, -0.2) is 4.79 Å². The quantitative estimate of drug-likeness (QED) is 0.441. The van der Waals surface area contributed by atoms with Crippen LogP contribution in [0, 0.1) is 31.6 Å². The number of hydrogen-bond donors (Lipinski definition) is 0. The highest BCUT2D eigenvalue weighted by atomic mass is 16.5. The summed E-state index contributed by atoms with van der Waals surface area (Å²) in [6.45, 7) is 6.07. The van der Waals surface area contributed by atoms with Crippen LogP contribution in [-0.2, 0) is 9.59 Å². The van der Waals surface area contributed by atoms with Crippen LogP contribution in [0.1, 0.15) is 47.7 Å². The van der Waals surface area contributed by atoms with E-state index in [1.54, 1.807) is 30.3 Å². The Morgan fingerprint density at radius 3 is 2.48 bits per heavy atom. The van der Waals surface area contributed by atoms with Gasteiger partial charge in [0.05, 0.1) is 23.1 Å². The average molecular weight is 391 g/mol. The third-order valence-corrected chi connectivity index (χ3v) is 6.22. The van der Waals surface area contributed by atoms with E-state index in [9.17, 15) is 14.4 Å². The average Bonchev–Trinajstić information content (AvgIpc) is 2.94. The van der Waals surface area contributed by atoms with Gasteiger partial charge < -0.3 is 4.74 Å². The molecule has 2 amide bonds. The van der Waals surface area contributed by atoms with Crippen LogP contribution < -0.4 is 9.64 Å². The Kier molecular flexibility index (Phi) is 4.99. The summed E-state index contributed by atoms with van der Waals surface area (Å²) in [6, 6.07) is 12.0. The molecular weight excluding hydrogens is 366 g/mol. The summed E-state index contributed by atoms with van der Waals surface area (Å²) in [5.41, 5.74) is 2.91. The number of aryl methyl sites for hydroxylation is 2. The fraction of sp³-hybridized carbons (Fsp3) is 0.375. The van der Waals surface area contributed by atoms with Crippen molar-refractivity contribution in [1.82, 2.24) is 0 Å². The van der Waals surface area contributed by atoms with Gasteiger partial charge in [0.1, 0.15) is 5.75 Å². The number of carbonyl (C=O) groups excluding carboxylic acids is 3. The van der Waals surface area contributed by atoms with E-state index in [1.807, 2.05) is 26.0 Å². The van der Waals surface area contributed by atoms with Crippen molar-refractivity contribution in [2.24, 2.45) is 17.8 Å². The smallest absolute Gasteiger partial charge is 0.343 e. The lowest BCUT2D eigenvalue weighted by Crippen LogP contribution is -2.31. The van der Waals surface area contributed by atoms with Crippen LogP contribution in [0.5, 0.6) is 5.75 Å². The lowest BCUT2D eigenvalue weighted by Gasteiger charge is -2.25. The zero-order valence-electron chi connectivity index (χ0n) is 17.0. The Balaban J connectivity index is 1.57. The molecule has 4 rings (SSSR count). The van der Waals surface area contributed by atoms with Gasteiger partial charge in [0.25, 0.3) is 0 Å². The lowest BCUT2D eigenvalue weighted by molar-refractivity contribution is -0.122. The van der Waals surface area contributed by atoms with Crippen molar-refractivity contribution in [2.45, 2.75) is 40.0 Å². The summed E-state index contributed by atoms with van der Waals surface area (Å²) < 4.78 is 5.49. The highest BCUT2D eigenvalue weighted by Gasteiger charge is 2.50. The fourth-order valence-electron chi connectivity index (χ4n) is 4.36. The first-order chi connectivity index (χ1) is 13.8. The van der Waals surface area contributed by atoms with E-state index in [4.69, 9.17) is 4.74 Å². The topological polar surface area (TPSA) is 63.7 Å². The van der Waals surface area contributed by atoms with Crippen molar-refractivity contribution >= 4 is 23.5 Å². The standard InChI is InChI=1S/C24H25NO4/c1-14-7-10-20-21(11-14)23(27)25(22(20)26)18-6-4-5-17(13-18)24(28)29-19-9-8-15(2)16(3)12-19/h4-6,8-9,12-14,20-21H,7,10-11H2,1-3H3. The first-order valence-electron chi connectivity index (χ1n) is 10.1. The number of amides is 2. The molecule has 3 unspecified atom stereocenters. The highest BCUT2D eigenvalue weighted by molar-refractivity contribution is 6.22. The molecule has 0 aromatic heterocycles. The van der Waals surface area contributed by atoms with Crippen molar-refractivity contribution in [3.8, 4) is 5.75 Å². The van der Waals surface area contributed by atoms with E-state index in [0.717, 1.165) is 30.4 Å². The SMILES string of the molecule is Cc1ccc(OC(=O)c2cccc(N3C(=O)C4CCC(C)CC4C3=O)c2)cc1C. The molecule has 1 saturated carbocycles. The largest absolute Gasteiger partial charge is 0.423 e. The van der Waals surface area contributed by atoms with Crippen LogP contribution in [0.15, 0.2) is 42.5 Å². The molecule has 1 heterocycles. The molecule has 0 spiro atoms. The molecule has 3 atom stereocenters. The molecule has 2 aromatic carbocycles. The molecule has 2 aliphatic rings. The Morgan fingerprint density at radius 2 is 1.72 bits per heavy atom. The van der Waals surface area contributed by atoms with Crippen LogP contribution in [0.3, 0.4) is 0 Å². The van der Waals surface area contributed by atoms with Crippen molar-refractivity contribution in [2.75, 3.05) is 4.90 Å². The van der Waals surface area contributed by atoms with Gasteiger partial charge in [-0.05, 0) is 80.5 Å². The third-order valence-electron chi connectivity index (χ3n) is 6.22. The van der Waals surface area contributed by atoms with E-state index in [0.29, 0.717) is 22.9 Å². The minimum absolute atomic E-state index is 0.147. The molecule has 150 valence electrons. The molecule has 0 N–H and O–H groups in total. The minimum Gasteiger partial charge on any atom is -0.423 e. The Bertz CT molecular complexity index is 996. The maximum atomic E-state index is 12.9. The van der Waals surface area contributed by atoms with E-state index in [2.05, 4.69) is 6.92 Å². The predicted octanol–water partition coefficient (Wildman–Crippen LogP) is 4.45. The molecule has 2 aromatic rings. The predicted molar refractivity (Wildman–Crippen MR) is 110 cm³/mol. The van der Waals surface area contributed by atoms with Crippen LogP contribution in [0.4, 0.5) is 5.69 Å². The second-order valence-electron chi connectivity index (χ2n) is 8.33. The van der Waals surface area contributed by atoms with Gasteiger partial charge in [0.15, 0.2) is 0 Å². The Morgan fingerprint density at radius 1 is 0.966 bits per heavy atom. The summed E-state index contributed by atoms with van der Waals surface area (Å²) >= 11 is 0. The number of benzene rings is 2. The molecule has 1 aliphatic carbocycles. The van der Waals surface area contributed by atoms with Crippen LogP contribution in [-0.4, -0.2) is 17.8 Å². The number of nitrogens with zero attached hydrogens (tertiary/aromatic N) is 1. The Labute approximate surface area is 170 Å². The van der Waals surface area contributed by atoms with Gasteiger partial charge in [-0.15, -0.1) is 0 Å². The zero-order chi connectivity index (χ0) is 20.7. The minimum atomic E-state index is -0.514. The summed E-state index contributed by atoms with van der Waals surface area (Å²) in [5.74, 6) is -0.357. The maximum Gasteiger partial charge on any atom is 0.343 e. The van der Waals surface area contributed by atoms with Crippen molar-refractivity contribution in [3.05, 3.63) is 59.2 Å². The molecule has 2 fully saturated rings. The van der Waals surface area contributed by atoms with Gasteiger partial charge in [-0.2, -0.15) is 0 Å². The Hall–Kier alpha value is -2.95. The molecule has 29 heavy (non-hydrogen) atoms. The fourth-order valence-corrected chi connectivity index (χ4v) is 4.36. The summed E-state index contributed by atoms with van der Waals surface area (Å²) in [4.78, 5) is 39.7. The molecule has 0 bridgehead atoms. The number of carbonyl (C=O) groups is 3. The number of imide groups is 1. The highest BCUT2D eigenvalue weighted by Crippen LogP contribution is 2.42. The second kappa shape index (κ2) is 7.47.